The van der Waals surface area contributed by atoms with E-state index in [-0.39, 0.29) is 23.4 Å². The number of rotatable bonds is 12. The van der Waals surface area contributed by atoms with Gasteiger partial charge in [-0.2, -0.15) is 0 Å². The summed E-state index contributed by atoms with van der Waals surface area (Å²) in [4.78, 5) is 29.4. The van der Waals surface area contributed by atoms with Gasteiger partial charge in [0, 0.05) is 17.6 Å². The standard InChI is InChI=1S/C33H40ClN3O5S/c1-5-30(33(39)35-27-8-6-7-9-27)36(21-25-12-15-28(42-4)16-13-25)32(38)22-37(31-19-14-26(34)20-24(31)3)43(40,41)29-17-10-23(2)11-18-29/h10-20,27,30H,5-9,21-22H2,1-4H3,(H,35,39)/t30-/m0/s1. The minimum absolute atomic E-state index is 0.0629. The van der Waals surface area contributed by atoms with Crippen LogP contribution in [0.1, 0.15) is 55.7 Å². The molecule has 230 valence electrons. The first kappa shape index (κ1) is 32.4. The average Bonchev–Trinajstić information content (AvgIpc) is 3.49. The number of nitrogens with zero attached hydrogens (tertiary/aromatic N) is 2. The van der Waals surface area contributed by atoms with E-state index in [1.165, 1.54) is 17.0 Å². The van der Waals surface area contributed by atoms with E-state index in [0.29, 0.717) is 28.4 Å². The second-order valence-electron chi connectivity index (χ2n) is 11.0. The summed E-state index contributed by atoms with van der Waals surface area (Å²) < 4.78 is 34.6. The molecular weight excluding hydrogens is 586 g/mol. The SMILES string of the molecule is CC[C@@H](C(=O)NC1CCCC1)N(Cc1ccc(OC)cc1)C(=O)CN(c1ccc(Cl)cc1C)S(=O)(=O)c1ccc(C)cc1. The van der Waals surface area contributed by atoms with Crippen molar-refractivity contribution in [1.29, 1.82) is 0 Å². The minimum atomic E-state index is -4.16. The molecule has 0 heterocycles. The average molecular weight is 626 g/mol. The second kappa shape index (κ2) is 14.3. The molecule has 1 atom stereocenters. The third kappa shape index (κ3) is 7.89. The van der Waals surface area contributed by atoms with Crippen molar-refractivity contribution in [2.24, 2.45) is 0 Å². The summed E-state index contributed by atoms with van der Waals surface area (Å²) in [5.74, 6) is -0.0534. The smallest absolute Gasteiger partial charge is 0.264 e. The van der Waals surface area contributed by atoms with Crippen molar-refractivity contribution in [3.63, 3.8) is 0 Å². The number of hydrogen-bond acceptors (Lipinski definition) is 5. The Bertz CT molecular complexity index is 1520. The molecule has 0 aliphatic heterocycles. The topological polar surface area (TPSA) is 96.0 Å². The molecule has 0 spiro atoms. The van der Waals surface area contributed by atoms with E-state index < -0.39 is 28.5 Å². The van der Waals surface area contributed by atoms with Crippen LogP contribution >= 0.6 is 11.6 Å². The van der Waals surface area contributed by atoms with E-state index in [9.17, 15) is 18.0 Å². The molecule has 1 saturated carbocycles. The summed E-state index contributed by atoms with van der Waals surface area (Å²) >= 11 is 6.21. The summed E-state index contributed by atoms with van der Waals surface area (Å²) in [7, 11) is -2.59. The largest absolute Gasteiger partial charge is 0.497 e. The van der Waals surface area contributed by atoms with Gasteiger partial charge in [-0.3, -0.25) is 13.9 Å². The zero-order valence-corrected chi connectivity index (χ0v) is 26.7. The molecule has 0 aromatic heterocycles. The van der Waals surface area contributed by atoms with Crippen LogP contribution in [-0.4, -0.2) is 50.9 Å². The summed E-state index contributed by atoms with van der Waals surface area (Å²) in [6.45, 7) is 5.11. The molecule has 1 N–H and O–H groups in total. The van der Waals surface area contributed by atoms with Crippen LogP contribution < -0.4 is 14.4 Å². The van der Waals surface area contributed by atoms with Gasteiger partial charge in [0.1, 0.15) is 18.3 Å². The summed E-state index contributed by atoms with van der Waals surface area (Å²) in [5.41, 5.74) is 2.64. The fraction of sp³-hybridized carbons (Fsp3) is 0.394. The Kier molecular flexibility index (Phi) is 10.7. The van der Waals surface area contributed by atoms with Crippen LogP contribution in [0.3, 0.4) is 0 Å². The highest BCUT2D eigenvalue weighted by Crippen LogP contribution is 2.30. The molecule has 0 saturated heterocycles. The van der Waals surface area contributed by atoms with Crippen LogP contribution in [0.5, 0.6) is 5.75 Å². The summed E-state index contributed by atoms with van der Waals surface area (Å²) in [5, 5.41) is 3.59. The minimum Gasteiger partial charge on any atom is -0.497 e. The van der Waals surface area contributed by atoms with Crippen molar-refractivity contribution in [3.8, 4) is 5.75 Å². The molecule has 0 bridgehead atoms. The van der Waals surface area contributed by atoms with E-state index in [4.69, 9.17) is 16.3 Å². The number of amides is 2. The Labute approximate surface area is 260 Å². The molecule has 0 radical (unpaired) electrons. The van der Waals surface area contributed by atoms with Crippen molar-refractivity contribution in [3.05, 3.63) is 88.4 Å². The Morgan fingerprint density at radius 3 is 2.23 bits per heavy atom. The van der Waals surface area contributed by atoms with Crippen LogP contribution in [0.2, 0.25) is 5.02 Å². The van der Waals surface area contributed by atoms with Crippen LogP contribution in [0.15, 0.2) is 71.6 Å². The maximum atomic E-state index is 14.3. The fourth-order valence-corrected chi connectivity index (χ4v) is 7.17. The van der Waals surface area contributed by atoms with Crippen LogP contribution in [0.4, 0.5) is 5.69 Å². The lowest BCUT2D eigenvalue weighted by Gasteiger charge is -2.34. The number of carbonyl (C=O) groups is 2. The molecule has 0 unspecified atom stereocenters. The number of ether oxygens (including phenoxy) is 1. The number of halogens is 1. The van der Waals surface area contributed by atoms with Crippen molar-refractivity contribution in [2.45, 2.75) is 76.4 Å². The van der Waals surface area contributed by atoms with Gasteiger partial charge >= 0.3 is 0 Å². The number of carbonyl (C=O) groups excluding carboxylic acids is 2. The number of aryl methyl sites for hydroxylation is 2. The van der Waals surface area contributed by atoms with E-state index >= 15 is 0 Å². The molecule has 3 aromatic rings. The van der Waals surface area contributed by atoms with Gasteiger partial charge in [0.05, 0.1) is 17.7 Å². The Balaban J connectivity index is 1.73. The van der Waals surface area contributed by atoms with Crippen molar-refractivity contribution in [2.75, 3.05) is 18.0 Å². The molecular formula is C33H40ClN3O5S. The lowest BCUT2D eigenvalue weighted by Crippen LogP contribution is -2.53. The highest BCUT2D eigenvalue weighted by atomic mass is 35.5. The zero-order chi connectivity index (χ0) is 31.1. The molecule has 10 heteroatoms. The predicted octanol–water partition coefficient (Wildman–Crippen LogP) is 6.03. The molecule has 1 aliphatic rings. The highest BCUT2D eigenvalue weighted by Gasteiger charge is 2.35. The molecule has 8 nitrogen and oxygen atoms in total. The van der Waals surface area contributed by atoms with Crippen molar-refractivity contribution < 1.29 is 22.7 Å². The van der Waals surface area contributed by atoms with Gasteiger partial charge in [-0.05, 0) is 86.7 Å². The van der Waals surface area contributed by atoms with Gasteiger partial charge in [0.2, 0.25) is 11.8 Å². The predicted molar refractivity (Wildman–Crippen MR) is 170 cm³/mol. The maximum absolute atomic E-state index is 14.3. The zero-order valence-electron chi connectivity index (χ0n) is 25.2. The normalized spacial score (nSPS) is 14.3. The van der Waals surface area contributed by atoms with Gasteiger partial charge in [0.15, 0.2) is 0 Å². The van der Waals surface area contributed by atoms with Crippen LogP contribution in [0.25, 0.3) is 0 Å². The van der Waals surface area contributed by atoms with Crippen LogP contribution in [-0.2, 0) is 26.2 Å². The lowest BCUT2D eigenvalue weighted by atomic mass is 10.1. The first-order valence-corrected chi connectivity index (χ1v) is 16.4. The summed E-state index contributed by atoms with van der Waals surface area (Å²) in [6.07, 6.45) is 4.30. The van der Waals surface area contributed by atoms with E-state index in [1.54, 1.807) is 56.5 Å². The molecule has 2 amide bonds. The van der Waals surface area contributed by atoms with Gasteiger partial charge in [-0.25, -0.2) is 8.42 Å². The maximum Gasteiger partial charge on any atom is 0.264 e. The lowest BCUT2D eigenvalue weighted by molar-refractivity contribution is -0.140. The van der Waals surface area contributed by atoms with E-state index in [0.717, 1.165) is 41.1 Å². The van der Waals surface area contributed by atoms with E-state index in [1.807, 2.05) is 26.0 Å². The molecule has 4 rings (SSSR count). The number of methoxy groups -OCH3 is 1. The monoisotopic (exact) mass is 625 g/mol. The first-order chi connectivity index (χ1) is 20.5. The summed E-state index contributed by atoms with van der Waals surface area (Å²) in [6, 6.07) is 17.9. The Morgan fingerprint density at radius 1 is 1.00 bits per heavy atom. The molecule has 3 aromatic carbocycles. The highest BCUT2D eigenvalue weighted by molar-refractivity contribution is 7.92. The number of nitrogens with one attached hydrogen (secondary N) is 1. The molecule has 1 fully saturated rings. The van der Waals surface area contributed by atoms with Gasteiger partial charge in [-0.15, -0.1) is 0 Å². The van der Waals surface area contributed by atoms with E-state index in [2.05, 4.69) is 5.32 Å². The fourth-order valence-electron chi connectivity index (χ4n) is 5.46. The van der Waals surface area contributed by atoms with Gasteiger partial charge in [-0.1, -0.05) is 61.2 Å². The number of hydrogen-bond donors (Lipinski definition) is 1. The van der Waals surface area contributed by atoms with Crippen molar-refractivity contribution in [1.82, 2.24) is 10.2 Å². The number of sulfonamides is 1. The number of benzene rings is 3. The Morgan fingerprint density at radius 2 is 1.65 bits per heavy atom. The van der Waals surface area contributed by atoms with Gasteiger partial charge < -0.3 is 15.0 Å². The second-order valence-corrected chi connectivity index (χ2v) is 13.3. The van der Waals surface area contributed by atoms with Crippen molar-refractivity contribution >= 4 is 39.1 Å². The quantitative estimate of drug-likeness (QED) is 0.265. The molecule has 43 heavy (non-hydrogen) atoms. The Hall–Kier alpha value is -3.56. The van der Waals surface area contributed by atoms with Crippen LogP contribution in [0, 0.1) is 13.8 Å². The molecule has 1 aliphatic carbocycles. The third-order valence-corrected chi connectivity index (χ3v) is 9.92. The third-order valence-electron chi connectivity index (χ3n) is 7.91. The van der Waals surface area contributed by atoms with Gasteiger partial charge in [0.25, 0.3) is 10.0 Å². The number of anilines is 1. The first-order valence-electron chi connectivity index (χ1n) is 14.6.